The highest BCUT2D eigenvalue weighted by Crippen LogP contribution is 2.15. The molecule has 1 N–H and O–H groups in total. The van der Waals surface area contributed by atoms with Crippen LogP contribution in [0.3, 0.4) is 0 Å². The van der Waals surface area contributed by atoms with E-state index in [0.717, 1.165) is 11.3 Å². The minimum absolute atomic E-state index is 0.617. The summed E-state index contributed by atoms with van der Waals surface area (Å²) in [5, 5.41) is 6.98. The summed E-state index contributed by atoms with van der Waals surface area (Å²) in [6.07, 6.45) is 5.42. The average molecular weight is 189 g/mol. The molecule has 0 unspecified atom stereocenters. The molecular weight excluding hydrogens is 178 g/mol. The molecule has 0 saturated carbocycles. The van der Waals surface area contributed by atoms with E-state index in [2.05, 4.69) is 20.4 Å². The number of anilines is 1. The lowest BCUT2D eigenvalue weighted by molar-refractivity contribution is 0.768. The molecule has 0 spiro atoms. The molecule has 2 aromatic rings. The Bertz CT molecular complexity index is 434. The van der Waals surface area contributed by atoms with E-state index in [0.29, 0.717) is 5.95 Å². The van der Waals surface area contributed by atoms with Gasteiger partial charge in [-0.05, 0) is 6.07 Å². The summed E-state index contributed by atoms with van der Waals surface area (Å²) >= 11 is 0. The minimum atomic E-state index is 0.617. The zero-order chi connectivity index (χ0) is 9.97. The second kappa shape index (κ2) is 3.45. The zero-order valence-electron chi connectivity index (χ0n) is 8.10. The van der Waals surface area contributed by atoms with Gasteiger partial charge in [-0.15, -0.1) is 0 Å². The normalized spacial score (nSPS) is 10.1. The Kier molecular flexibility index (Phi) is 2.14. The Hall–Kier alpha value is -1.91. The number of nitrogens with zero attached hydrogens (tertiary/aromatic N) is 4. The quantitative estimate of drug-likeness (QED) is 0.763. The van der Waals surface area contributed by atoms with Gasteiger partial charge in [-0.3, -0.25) is 4.68 Å². The van der Waals surface area contributed by atoms with Crippen LogP contribution in [0.25, 0.3) is 11.3 Å². The maximum atomic E-state index is 4.30. The third-order valence-electron chi connectivity index (χ3n) is 1.88. The first-order chi connectivity index (χ1) is 6.79. The monoisotopic (exact) mass is 189 g/mol. The fraction of sp³-hybridized carbons (Fsp3) is 0.222. The maximum absolute atomic E-state index is 4.30. The maximum Gasteiger partial charge on any atom is 0.222 e. The molecule has 0 atom stereocenters. The third-order valence-corrected chi connectivity index (χ3v) is 1.88. The van der Waals surface area contributed by atoms with Gasteiger partial charge in [0.2, 0.25) is 5.95 Å². The van der Waals surface area contributed by atoms with Gasteiger partial charge in [0.25, 0.3) is 0 Å². The topological polar surface area (TPSA) is 55.6 Å². The molecule has 14 heavy (non-hydrogen) atoms. The van der Waals surface area contributed by atoms with Gasteiger partial charge in [0.1, 0.15) is 0 Å². The molecule has 5 nitrogen and oxygen atoms in total. The Morgan fingerprint density at radius 1 is 1.43 bits per heavy atom. The fourth-order valence-electron chi connectivity index (χ4n) is 1.19. The van der Waals surface area contributed by atoms with Crippen molar-refractivity contribution >= 4 is 5.95 Å². The Balaban J connectivity index is 2.41. The highest BCUT2D eigenvalue weighted by molar-refractivity contribution is 5.57. The largest absolute Gasteiger partial charge is 0.357 e. The predicted octanol–water partition coefficient (Wildman–Crippen LogP) is 0.919. The van der Waals surface area contributed by atoms with Crippen molar-refractivity contribution in [2.24, 2.45) is 7.05 Å². The molecule has 0 saturated heterocycles. The van der Waals surface area contributed by atoms with Crippen LogP contribution in [0.5, 0.6) is 0 Å². The van der Waals surface area contributed by atoms with Gasteiger partial charge in [0.05, 0.1) is 11.9 Å². The predicted molar refractivity (Wildman–Crippen MR) is 53.8 cm³/mol. The summed E-state index contributed by atoms with van der Waals surface area (Å²) in [7, 11) is 3.67. The Morgan fingerprint density at radius 2 is 2.29 bits per heavy atom. The summed E-state index contributed by atoms with van der Waals surface area (Å²) in [6.45, 7) is 0. The summed E-state index contributed by atoms with van der Waals surface area (Å²) in [4.78, 5) is 8.34. The summed E-state index contributed by atoms with van der Waals surface area (Å²) < 4.78 is 1.75. The smallest absolute Gasteiger partial charge is 0.222 e. The van der Waals surface area contributed by atoms with Gasteiger partial charge < -0.3 is 5.32 Å². The number of nitrogens with one attached hydrogen (secondary N) is 1. The lowest BCUT2D eigenvalue weighted by atomic mass is 10.2. The van der Waals surface area contributed by atoms with E-state index in [9.17, 15) is 0 Å². The van der Waals surface area contributed by atoms with Crippen LogP contribution in [-0.4, -0.2) is 26.8 Å². The van der Waals surface area contributed by atoms with Gasteiger partial charge in [-0.1, -0.05) is 0 Å². The van der Waals surface area contributed by atoms with E-state index in [-0.39, 0.29) is 0 Å². The summed E-state index contributed by atoms with van der Waals surface area (Å²) in [5.74, 6) is 0.617. The molecular formula is C9H11N5. The van der Waals surface area contributed by atoms with Crippen molar-refractivity contribution in [2.45, 2.75) is 0 Å². The molecule has 0 amide bonds. The van der Waals surface area contributed by atoms with Crippen LogP contribution in [0.4, 0.5) is 5.95 Å². The van der Waals surface area contributed by atoms with E-state index < -0.39 is 0 Å². The lowest BCUT2D eigenvalue weighted by Crippen LogP contribution is -1.96. The highest BCUT2D eigenvalue weighted by Gasteiger charge is 2.02. The highest BCUT2D eigenvalue weighted by atomic mass is 15.2. The van der Waals surface area contributed by atoms with Crippen LogP contribution >= 0.6 is 0 Å². The molecule has 0 fully saturated rings. The van der Waals surface area contributed by atoms with Crippen molar-refractivity contribution in [3.63, 3.8) is 0 Å². The molecule has 2 rings (SSSR count). The van der Waals surface area contributed by atoms with E-state index in [4.69, 9.17) is 0 Å². The van der Waals surface area contributed by atoms with E-state index in [1.165, 1.54) is 0 Å². The fourth-order valence-corrected chi connectivity index (χ4v) is 1.19. The van der Waals surface area contributed by atoms with Crippen molar-refractivity contribution in [3.8, 4) is 11.3 Å². The summed E-state index contributed by atoms with van der Waals surface area (Å²) in [5.41, 5.74) is 1.86. The van der Waals surface area contributed by atoms with Crippen LogP contribution in [-0.2, 0) is 7.05 Å². The SMILES string of the molecule is CNc1nccc(-c2cnn(C)c2)n1. The van der Waals surface area contributed by atoms with E-state index in [1.807, 2.05) is 19.3 Å². The molecule has 2 aromatic heterocycles. The van der Waals surface area contributed by atoms with Crippen molar-refractivity contribution < 1.29 is 0 Å². The van der Waals surface area contributed by atoms with Gasteiger partial charge >= 0.3 is 0 Å². The molecule has 72 valence electrons. The van der Waals surface area contributed by atoms with Crippen LogP contribution in [0, 0.1) is 0 Å². The van der Waals surface area contributed by atoms with Crippen molar-refractivity contribution in [2.75, 3.05) is 12.4 Å². The van der Waals surface area contributed by atoms with Gasteiger partial charge in [0.15, 0.2) is 0 Å². The number of hydrogen-bond acceptors (Lipinski definition) is 4. The average Bonchev–Trinajstić information content (AvgIpc) is 2.65. The van der Waals surface area contributed by atoms with E-state index >= 15 is 0 Å². The van der Waals surface area contributed by atoms with E-state index in [1.54, 1.807) is 24.1 Å². The molecule has 0 aliphatic carbocycles. The van der Waals surface area contributed by atoms with Crippen LogP contribution in [0.15, 0.2) is 24.7 Å². The lowest BCUT2D eigenvalue weighted by Gasteiger charge is -1.99. The molecule has 0 aliphatic heterocycles. The van der Waals surface area contributed by atoms with Gasteiger partial charge in [-0.2, -0.15) is 5.10 Å². The molecule has 0 bridgehead atoms. The van der Waals surface area contributed by atoms with Crippen LogP contribution < -0.4 is 5.32 Å². The Morgan fingerprint density at radius 3 is 2.93 bits per heavy atom. The molecule has 2 heterocycles. The second-order valence-corrected chi connectivity index (χ2v) is 2.92. The summed E-state index contributed by atoms with van der Waals surface area (Å²) in [6, 6.07) is 1.86. The molecule has 0 aliphatic rings. The number of aromatic nitrogens is 4. The first-order valence-electron chi connectivity index (χ1n) is 4.29. The number of rotatable bonds is 2. The second-order valence-electron chi connectivity index (χ2n) is 2.92. The third kappa shape index (κ3) is 1.56. The number of hydrogen-bond donors (Lipinski definition) is 1. The Labute approximate surface area is 81.8 Å². The van der Waals surface area contributed by atoms with Gasteiger partial charge in [0, 0.05) is 32.1 Å². The zero-order valence-corrected chi connectivity index (χ0v) is 8.10. The number of aryl methyl sites for hydroxylation is 1. The first kappa shape index (κ1) is 8.68. The van der Waals surface area contributed by atoms with Crippen LogP contribution in [0.2, 0.25) is 0 Å². The minimum Gasteiger partial charge on any atom is -0.357 e. The molecule has 5 heteroatoms. The van der Waals surface area contributed by atoms with Gasteiger partial charge in [-0.25, -0.2) is 9.97 Å². The standard InChI is InChI=1S/C9H11N5/c1-10-9-11-4-3-8(13-9)7-5-12-14(2)6-7/h3-6H,1-2H3,(H,10,11,13). The molecule has 0 aromatic carbocycles. The molecule has 0 radical (unpaired) electrons. The van der Waals surface area contributed by atoms with Crippen molar-refractivity contribution in [1.29, 1.82) is 0 Å². The first-order valence-corrected chi connectivity index (χ1v) is 4.29. The van der Waals surface area contributed by atoms with Crippen LogP contribution in [0.1, 0.15) is 0 Å². The van der Waals surface area contributed by atoms with Crippen molar-refractivity contribution in [3.05, 3.63) is 24.7 Å². The van der Waals surface area contributed by atoms with Crippen molar-refractivity contribution in [1.82, 2.24) is 19.7 Å².